The van der Waals surface area contributed by atoms with Crippen LogP contribution in [0.3, 0.4) is 0 Å². The molecule has 1 aliphatic heterocycles. The molecule has 0 atom stereocenters. The fourth-order valence-electron chi connectivity index (χ4n) is 3.42. The number of carbonyl (C=O) groups is 1. The highest BCUT2D eigenvalue weighted by Crippen LogP contribution is 2.41. The number of hydrogen-bond donors (Lipinski definition) is 0. The summed E-state index contributed by atoms with van der Waals surface area (Å²) in [5.41, 5.74) is 2.04. The fourth-order valence-corrected chi connectivity index (χ4v) is 4.32. The highest BCUT2D eigenvalue weighted by atomic mass is 32.2. The second-order valence-electron chi connectivity index (χ2n) is 7.57. The zero-order valence-corrected chi connectivity index (χ0v) is 16.3. The van der Waals surface area contributed by atoms with Gasteiger partial charge in [-0.2, -0.15) is 0 Å². The maximum atomic E-state index is 12.6. The molecule has 2 aliphatic rings. The van der Waals surface area contributed by atoms with Crippen LogP contribution in [-0.2, 0) is 0 Å². The van der Waals surface area contributed by atoms with Gasteiger partial charge in [0.15, 0.2) is 10.9 Å². The summed E-state index contributed by atoms with van der Waals surface area (Å²) in [6.07, 6.45) is 4.84. The van der Waals surface area contributed by atoms with E-state index in [0.717, 1.165) is 29.8 Å². The summed E-state index contributed by atoms with van der Waals surface area (Å²) in [6, 6.07) is 8.52. The molecule has 6 heteroatoms. The topological polar surface area (TPSA) is 51.0 Å². The third kappa shape index (κ3) is 3.65. The quantitative estimate of drug-likeness (QED) is 0.537. The second kappa shape index (κ2) is 7.43. The van der Waals surface area contributed by atoms with Crippen molar-refractivity contribution < 1.29 is 4.79 Å². The first-order chi connectivity index (χ1) is 12.6. The molecule has 5 nitrogen and oxygen atoms in total. The van der Waals surface area contributed by atoms with Gasteiger partial charge in [0, 0.05) is 24.7 Å². The van der Waals surface area contributed by atoms with Crippen molar-refractivity contribution in [2.24, 2.45) is 0 Å². The molecule has 1 saturated heterocycles. The zero-order chi connectivity index (χ0) is 18.1. The van der Waals surface area contributed by atoms with Crippen molar-refractivity contribution in [3.8, 4) is 0 Å². The van der Waals surface area contributed by atoms with Crippen LogP contribution in [0.15, 0.2) is 29.4 Å². The minimum atomic E-state index is 0.151. The average molecular weight is 371 g/mol. The van der Waals surface area contributed by atoms with Crippen molar-refractivity contribution in [3.05, 3.63) is 35.4 Å². The summed E-state index contributed by atoms with van der Waals surface area (Å²) in [7, 11) is 0. The molecule has 26 heavy (non-hydrogen) atoms. The number of aromatic nitrogens is 3. The number of hydrogen-bond acceptors (Lipinski definition) is 5. The summed E-state index contributed by atoms with van der Waals surface area (Å²) in [4.78, 5) is 14.9. The molecule has 0 bridgehead atoms. The van der Waals surface area contributed by atoms with E-state index < -0.39 is 0 Å². The number of rotatable bonds is 7. The van der Waals surface area contributed by atoms with E-state index in [1.807, 2.05) is 12.1 Å². The van der Waals surface area contributed by atoms with Crippen LogP contribution in [0.5, 0.6) is 0 Å². The molecule has 138 valence electrons. The van der Waals surface area contributed by atoms with E-state index >= 15 is 0 Å². The molecule has 2 heterocycles. The smallest absolute Gasteiger partial charge is 0.228 e. The standard InChI is InChI=1S/C20H26N4OS/c1-14(2)15-5-7-16(8-6-15)18(25)13-26-20-22-21-19(23-11-3-4-12-23)24(20)17-9-10-17/h5-8,14,17H,3-4,9-13H2,1-2H3. The Hall–Kier alpha value is -1.82. The minimum Gasteiger partial charge on any atom is -0.341 e. The SMILES string of the molecule is CC(C)c1ccc(C(=O)CSc2nnc(N3CCCC3)n2C2CC2)cc1. The molecule has 0 N–H and O–H groups in total. The molecular weight excluding hydrogens is 344 g/mol. The molecule has 2 aromatic rings. The summed E-state index contributed by atoms with van der Waals surface area (Å²) < 4.78 is 2.27. The number of ketones is 1. The van der Waals surface area contributed by atoms with Crippen molar-refractivity contribution >= 4 is 23.5 Å². The molecule has 0 amide bonds. The summed E-state index contributed by atoms with van der Waals surface area (Å²) in [5, 5.41) is 9.75. The Morgan fingerprint density at radius 3 is 2.46 bits per heavy atom. The lowest BCUT2D eigenvalue weighted by Gasteiger charge is -2.17. The van der Waals surface area contributed by atoms with E-state index in [-0.39, 0.29) is 5.78 Å². The molecule has 4 rings (SSSR count). The van der Waals surface area contributed by atoms with Gasteiger partial charge < -0.3 is 4.90 Å². The molecule has 0 unspecified atom stereocenters. The molecule has 1 aliphatic carbocycles. The Labute approximate surface area is 159 Å². The first-order valence-corrected chi connectivity index (χ1v) is 10.6. The van der Waals surface area contributed by atoms with Gasteiger partial charge in [-0.1, -0.05) is 49.9 Å². The van der Waals surface area contributed by atoms with Crippen molar-refractivity contribution in [2.75, 3.05) is 23.7 Å². The Bertz CT molecular complexity index is 774. The third-order valence-electron chi connectivity index (χ3n) is 5.18. The predicted octanol–water partition coefficient (Wildman–Crippen LogP) is 4.31. The number of nitrogens with zero attached hydrogens (tertiary/aromatic N) is 4. The number of carbonyl (C=O) groups excluding carboxylic acids is 1. The van der Waals surface area contributed by atoms with Gasteiger partial charge in [0.2, 0.25) is 5.95 Å². The zero-order valence-electron chi connectivity index (χ0n) is 15.5. The molecule has 0 spiro atoms. The van der Waals surface area contributed by atoms with E-state index in [9.17, 15) is 4.79 Å². The van der Waals surface area contributed by atoms with Crippen LogP contribution < -0.4 is 4.90 Å². The van der Waals surface area contributed by atoms with Crippen LogP contribution in [0.1, 0.15) is 67.4 Å². The number of Topliss-reactive ketones (excluding diaryl/α,β-unsaturated/α-hetero) is 1. The highest BCUT2D eigenvalue weighted by Gasteiger charge is 2.32. The number of anilines is 1. The number of thioether (sulfide) groups is 1. The Morgan fingerprint density at radius 1 is 1.15 bits per heavy atom. The van der Waals surface area contributed by atoms with Gasteiger partial charge in [-0.15, -0.1) is 10.2 Å². The minimum absolute atomic E-state index is 0.151. The Kier molecular flexibility index (Phi) is 5.02. The number of benzene rings is 1. The lowest BCUT2D eigenvalue weighted by molar-refractivity contribution is 0.102. The van der Waals surface area contributed by atoms with Crippen LogP contribution in [0.2, 0.25) is 0 Å². The lowest BCUT2D eigenvalue weighted by atomic mass is 10.0. The predicted molar refractivity (Wildman–Crippen MR) is 105 cm³/mol. The van der Waals surface area contributed by atoms with Gasteiger partial charge in [0.05, 0.1) is 5.75 Å². The average Bonchev–Trinajstić information content (AvgIpc) is 3.18. The monoisotopic (exact) mass is 370 g/mol. The Morgan fingerprint density at radius 2 is 1.85 bits per heavy atom. The summed E-state index contributed by atoms with van der Waals surface area (Å²) in [5.74, 6) is 2.04. The van der Waals surface area contributed by atoms with Crippen LogP contribution in [-0.4, -0.2) is 39.4 Å². The normalized spacial score (nSPS) is 17.3. The molecular formula is C20H26N4OS. The van der Waals surface area contributed by atoms with Gasteiger partial charge in [-0.05, 0) is 37.2 Å². The van der Waals surface area contributed by atoms with Crippen molar-refractivity contribution in [3.63, 3.8) is 0 Å². The van der Waals surface area contributed by atoms with Gasteiger partial charge in [0.25, 0.3) is 0 Å². The van der Waals surface area contributed by atoms with Crippen molar-refractivity contribution in [2.45, 2.75) is 56.6 Å². The van der Waals surface area contributed by atoms with Gasteiger partial charge in [-0.3, -0.25) is 9.36 Å². The maximum absolute atomic E-state index is 12.6. The second-order valence-corrected chi connectivity index (χ2v) is 8.51. The first-order valence-electron chi connectivity index (χ1n) is 9.59. The molecule has 1 aromatic carbocycles. The largest absolute Gasteiger partial charge is 0.341 e. The maximum Gasteiger partial charge on any atom is 0.228 e. The van der Waals surface area contributed by atoms with E-state index in [1.54, 1.807) is 0 Å². The molecule has 2 fully saturated rings. The molecule has 1 aromatic heterocycles. The highest BCUT2D eigenvalue weighted by molar-refractivity contribution is 7.99. The van der Waals surface area contributed by atoms with Gasteiger partial charge >= 0.3 is 0 Å². The van der Waals surface area contributed by atoms with E-state index in [1.165, 1.54) is 43.0 Å². The van der Waals surface area contributed by atoms with Crippen molar-refractivity contribution in [1.82, 2.24) is 14.8 Å². The Balaban J connectivity index is 1.45. The van der Waals surface area contributed by atoms with Crippen LogP contribution in [0.4, 0.5) is 5.95 Å². The van der Waals surface area contributed by atoms with Crippen LogP contribution in [0, 0.1) is 0 Å². The first kappa shape index (κ1) is 17.6. The third-order valence-corrected chi connectivity index (χ3v) is 6.12. The van der Waals surface area contributed by atoms with E-state index in [0.29, 0.717) is 17.7 Å². The van der Waals surface area contributed by atoms with E-state index in [4.69, 9.17) is 0 Å². The molecule has 1 saturated carbocycles. The summed E-state index contributed by atoms with van der Waals surface area (Å²) in [6.45, 7) is 6.46. The van der Waals surface area contributed by atoms with Gasteiger partial charge in [-0.25, -0.2) is 0 Å². The fraction of sp³-hybridized carbons (Fsp3) is 0.550. The van der Waals surface area contributed by atoms with Crippen molar-refractivity contribution in [1.29, 1.82) is 0 Å². The molecule has 0 radical (unpaired) electrons. The summed E-state index contributed by atoms with van der Waals surface area (Å²) >= 11 is 1.52. The van der Waals surface area contributed by atoms with Crippen LogP contribution >= 0.6 is 11.8 Å². The van der Waals surface area contributed by atoms with Crippen LogP contribution in [0.25, 0.3) is 0 Å². The lowest BCUT2D eigenvalue weighted by Crippen LogP contribution is -2.22. The van der Waals surface area contributed by atoms with E-state index in [2.05, 4.69) is 45.6 Å². The van der Waals surface area contributed by atoms with Gasteiger partial charge in [0.1, 0.15) is 0 Å².